The van der Waals surface area contributed by atoms with Gasteiger partial charge < -0.3 is 10.4 Å². The van der Waals surface area contributed by atoms with E-state index in [1.807, 2.05) is 12.1 Å². The number of rotatable bonds is 6. The third-order valence-electron chi connectivity index (χ3n) is 2.61. The molecule has 0 bridgehead atoms. The lowest BCUT2D eigenvalue weighted by Crippen LogP contribution is -2.19. The molecule has 0 saturated heterocycles. The van der Waals surface area contributed by atoms with E-state index in [2.05, 4.69) is 31.3 Å². The van der Waals surface area contributed by atoms with Crippen molar-refractivity contribution < 1.29 is 5.11 Å². The standard InChI is InChI=1S/C13H21NO/c1-3-4-8-14-11(2)13-7-5-6-12(9-13)10-15/h5-7,9,11,14-15H,3-4,8,10H2,1-2H3. The Kier molecular flexibility index (Phi) is 5.37. The highest BCUT2D eigenvalue weighted by molar-refractivity contribution is 5.25. The minimum Gasteiger partial charge on any atom is -0.392 e. The fourth-order valence-corrected chi connectivity index (χ4v) is 1.57. The molecule has 1 aromatic rings. The highest BCUT2D eigenvalue weighted by Gasteiger charge is 2.04. The summed E-state index contributed by atoms with van der Waals surface area (Å²) in [6, 6.07) is 8.47. The Hall–Kier alpha value is -0.860. The maximum atomic E-state index is 9.04. The molecule has 0 aliphatic rings. The molecule has 1 atom stereocenters. The number of aliphatic hydroxyl groups excluding tert-OH is 1. The van der Waals surface area contributed by atoms with Gasteiger partial charge in [0, 0.05) is 6.04 Å². The van der Waals surface area contributed by atoms with Crippen molar-refractivity contribution in [1.29, 1.82) is 0 Å². The van der Waals surface area contributed by atoms with Gasteiger partial charge in [-0.1, -0.05) is 37.6 Å². The average molecular weight is 207 g/mol. The van der Waals surface area contributed by atoms with E-state index in [1.54, 1.807) is 0 Å². The molecule has 2 heteroatoms. The summed E-state index contributed by atoms with van der Waals surface area (Å²) in [5.41, 5.74) is 2.23. The third-order valence-corrected chi connectivity index (χ3v) is 2.61. The van der Waals surface area contributed by atoms with Crippen LogP contribution in [-0.4, -0.2) is 11.7 Å². The highest BCUT2D eigenvalue weighted by atomic mass is 16.3. The summed E-state index contributed by atoms with van der Waals surface area (Å²) in [7, 11) is 0. The van der Waals surface area contributed by atoms with Crippen molar-refractivity contribution in [1.82, 2.24) is 5.32 Å². The summed E-state index contributed by atoms with van der Waals surface area (Å²) >= 11 is 0. The van der Waals surface area contributed by atoms with E-state index in [9.17, 15) is 0 Å². The second-order valence-electron chi connectivity index (χ2n) is 3.93. The van der Waals surface area contributed by atoms with Gasteiger partial charge >= 0.3 is 0 Å². The van der Waals surface area contributed by atoms with Crippen molar-refractivity contribution in [3.8, 4) is 0 Å². The van der Waals surface area contributed by atoms with Crippen LogP contribution in [0.1, 0.15) is 43.9 Å². The zero-order valence-electron chi connectivity index (χ0n) is 9.66. The third kappa shape index (κ3) is 4.02. The van der Waals surface area contributed by atoms with Crippen LogP contribution in [0.5, 0.6) is 0 Å². The maximum Gasteiger partial charge on any atom is 0.0681 e. The summed E-state index contributed by atoms with van der Waals surface area (Å²) in [5.74, 6) is 0. The van der Waals surface area contributed by atoms with E-state index in [0.29, 0.717) is 6.04 Å². The van der Waals surface area contributed by atoms with E-state index >= 15 is 0 Å². The molecule has 0 heterocycles. The Morgan fingerprint density at radius 3 is 2.87 bits per heavy atom. The molecule has 0 aliphatic carbocycles. The predicted octanol–water partition coefficient (Wildman–Crippen LogP) is 2.63. The molecule has 15 heavy (non-hydrogen) atoms. The molecule has 84 valence electrons. The van der Waals surface area contributed by atoms with Crippen LogP contribution in [0.3, 0.4) is 0 Å². The number of hydrogen-bond donors (Lipinski definition) is 2. The number of hydrogen-bond acceptors (Lipinski definition) is 2. The largest absolute Gasteiger partial charge is 0.392 e. The van der Waals surface area contributed by atoms with Crippen molar-refractivity contribution in [3.63, 3.8) is 0 Å². The fourth-order valence-electron chi connectivity index (χ4n) is 1.57. The van der Waals surface area contributed by atoms with Gasteiger partial charge in [0.15, 0.2) is 0 Å². The summed E-state index contributed by atoms with van der Waals surface area (Å²) < 4.78 is 0. The molecule has 1 unspecified atom stereocenters. The number of benzene rings is 1. The van der Waals surface area contributed by atoms with Crippen LogP contribution in [0.4, 0.5) is 0 Å². The van der Waals surface area contributed by atoms with Crippen LogP contribution in [-0.2, 0) is 6.61 Å². The second kappa shape index (κ2) is 6.59. The van der Waals surface area contributed by atoms with Crippen molar-refractivity contribution in [2.45, 2.75) is 39.3 Å². The zero-order chi connectivity index (χ0) is 11.1. The van der Waals surface area contributed by atoms with E-state index in [4.69, 9.17) is 5.11 Å². The smallest absolute Gasteiger partial charge is 0.0681 e. The normalized spacial score (nSPS) is 12.7. The highest BCUT2D eigenvalue weighted by Crippen LogP contribution is 2.14. The first-order valence-corrected chi connectivity index (χ1v) is 5.71. The molecule has 0 spiro atoms. The molecule has 0 aliphatic heterocycles. The van der Waals surface area contributed by atoms with Gasteiger partial charge in [-0.3, -0.25) is 0 Å². The van der Waals surface area contributed by atoms with Gasteiger partial charge in [-0.05, 0) is 31.0 Å². The molecule has 0 fully saturated rings. The Labute approximate surface area is 92.3 Å². The molecule has 0 saturated carbocycles. The first-order valence-electron chi connectivity index (χ1n) is 5.71. The summed E-state index contributed by atoms with van der Waals surface area (Å²) in [6.45, 7) is 5.53. The first kappa shape index (κ1) is 12.2. The van der Waals surface area contributed by atoms with Crippen molar-refractivity contribution in [2.24, 2.45) is 0 Å². The van der Waals surface area contributed by atoms with Gasteiger partial charge in [-0.2, -0.15) is 0 Å². The quantitative estimate of drug-likeness (QED) is 0.703. The van der Waals surface area contributed by atoms with Gasteiger partial charge in [0.05, 0.1) is 6.61 Å². The monoisotopic (exact) mass is 207 g/mol. The van der Waals surface area contributed by atoms with Crippen molar-refractivity contribution in [2.75, 3.05) is 6.54 Å². The van der Waals surface area contributed by atoms with E-state index < -0.39 is 0 Å². The minimum absolute atomic E-state index is 0.121. The molecular weight excluding hydrogens is 186 g/mol. The Bertz CT molecular complexity index is 286. The molecule has 2 nitrogen and oxygen atoms in total. The average Bonchev–Trinajstić information content (AvgIpc) is 2.29. The van der Waals surface area contributed by atoms with Crippen LogP contribution in [0.25, 0.3) is 0 Å². The number of unbranched alkanes of at least 4 members (excludes halogenated alkanes) is 1. The van der Waals surface area contributed by atoms with Crippen LogP contribution in [0, 0.1) is 0 Å². The summed E-state index contributed by atoms with van der Waals surface area (Å²) in [6.07, 6.45) is 2.43. The Morgan fingerprint density at radius 1 is 1.40 bits per heavy atom. The van der Waals surface area contributed by atoms with E-state index in [1.165, 1.54) is 18.4 Å². The van der Waals surface area contributed by atoms with E-state index in [-0.39, 0.29) is 6.61 Å². The van der Waals surface area contributed by atoms with Crippen LogP contribution >= 0.6 is 0 Å². The zero-order valence-corrected chi connectivity index (χ0v) is 9.66. The molecule has 2 N–H and O–H groups in total. The molecule has 1 rings (SSSR count). The van der Waals surface area contributed by atoms with Crippen LogP contribution < -0.4 is 5.32 Å². The first-order chi connectivity index (χ1) is 7.27. The van der Waals surface area contributed by atoms with Gasteiger partial charge in [-0.15, -0.1) is 0 Å². The lowest BCUT2D eigenvalue weighted by Gasteiger charge is -2.14. The van der Waals surface area contributed by atoms with Crippen molar-refractivity contribution >= 4 is 0 Å². The van der Waals surface area contributed by atoms with Gasteiger partial charge in [0.2, 0.25) is 0 Å². The van der Waals surface area contributed by atoms with Gasteiger partial charge in [0.25, 0.3) is 0 Å². The van der Waals surface area contributed by atoms with Crippen LogP contribution in [0.15, 0.2) is 24.3 Å². The lowest BCUT2D eigenvalue weighted by atomic mass is 10.1. The topological polar surface area (TPSA) is 32.3 Å². The molecular formula is C13H21NO. The SMILES string of the molecule is CCCCNC(C)c1cccc(CO)c1. The molecule has 0 radical (unpaired) electrons. The fraction of sp³-hybridized carbons (Fsp3) is 0.538. The number of aliphatic hydroxyl groups is 1. The van der Waals surface area contributed by atoms with Gasteiger partial charge in [-0.25, -0.2) is 0 Å². The summed E-state index contributed by atoms with van der Waals surface area (Å²) in [5, 5.41) is 12.5. The Balaban J connectivity index is 2.52. The Morgan fingerprint density at radius 2 is 2.20 bits per heavy atom. The molecule has 0 aromatic heterocycles. The predicted molar refractivity (Wildman–Crippen MR) is 63.7 cm³/mol. The lowest BCUT2D eigenvalue weighted by molar-refractivity contribution is 0.281. The summed E-state index contributed by atoms with van der Waals surface area (Å²) in [4.78, 5) is 0. The van der Waals surface area contributed by atoms with Gasteiger partial charge in [0.1, 0.15) is 0 Å². The second-order valence-corrected chi connectivity index (χ2v) is 3.93. The van der Waals surface area contributed by atoms with Crippen molar-refractivity contribution in [3.05, 3.63) is 35.4 Å². The molecule has 1 aromatic carbocycles. The molecule has 0 amide bonds. The number of nitrogens with one attached hydrogen (secondary N) is 1. The minimum atomic E-state index is 0.121. The maximum absolute atomic E-state index is 9.04. The van der Waals surface area contributed by atoms with Crippen LogP contribution in [0.2, 0.25) is 0 Å². The van der Waals surface area contributed by atoms with E-state index in [0.717, 1.165) is 12.1 Å².